The number of rotatable bonds is 4. The average Bonchev–Trinajstić information content (AvgIpc) is 3.11. The third kappa shape index (κ3) is 3.49. The molecule has 3 aromatic carbocycles. The van der Waals surface area contributed by atoms with E-state index in [0.717, 1.165) is 20.6 Å². The van der Waals surface area contributed by atoms with Crippen LogP contribution in [-0.4, -0.2) is 30.6 Å². The van der Waals surface area contributed by atoms with E-state index in [0.29, 0.717) is 5.69 Å². The van der Waals surface area contributed by atoms with E-state index >= 15 is 0 Å². The van der Waals surface area contributed by atoms with Crippen molar-refractivity contribution < 1.29 is 18.0 Å². The molecule has 0 spiro atoms. The Kier molecular flexibility index (Phi) is 4.84. The number of benzene rings is 3. The Balaban J connectivity index is 1.65. The van der Waals surface area contributed by atoms with Crippen molar-refractivity contribution in [3.8, 4) is 0 Å². The van der Waals surface area contributed by atoms with Gasteiger partial charge in [-0.3, -0.25) is 9.59 Å². The summed E-state index contributed by atoms with van der Waals surface area (Å²) in [5.74, 6) is -1.08. The van der Waals surface area contributed by atoms with Crippen LogP contribution in [0.3, 0.4) is 0 Å². The van der Waals surface area contributed by atoms with Crippen LogP contribution in [-0.2, 0) is 19.6 Å². The topological polar surface area (TPSA) is 83.6 Å². The van der Waals surface area contributed by atoms with Gasteiger partial charge in [0.2, 0.25) is 11.8 Å². The number of carbonyl (C=O) groups excluding carboxylic acids is 2. The molecule has 1 unspecified atom stereocenters. The number of amides is 2. The van der Waals surface area contributed by atoms with Crippen LogP contribution in [0.5, 0.6) is 0 Å². The summed E-state index contributed by atoms with van der Waals surface area (Å²) in [6.45, 7) is 1.85. The minimum absolute atomic E-state index is 0.00121. The summed E-state index contributed by atoms with van der Waals surface area (Å²) < 4.78 is 26.9. The van der Waals surface area contributed by atoms with E-state index in [-0.39, 0.29) is 17.7 Å². The number of fused-ring (bicyclic) bond motifs is 1. The van der Waals surface area contributed by atoms with Crippen molar-refractivity contribution in [2.45, 2.75) is 30.7 Å². The molecule has 6 nitrogen and oxygen atoms in total. The first-order valence-corrected chi connectivity index (χ1v) is 10.7. The zero-order chi connectivity index (χ0) is 20.6. The lowest BCUT2D eigenvalue weighted by Gasteiger charge is -2.24. The van der Waals surface area contributed by atoms with Gasteiger partial charge in [-0.2, -0.15) is 0 Å². The van der Waals surface area contributed by atoms with Crippen LogP contribution in [0.15, 0.2) is 71.6 Å². The van der Waals surface area contributed by atoms with Gasteiger partial charge in [0.15, 0.2) is 0 Å². The number of aryl methyl sites for hydroxylation is 1. The van der Waals surface area contributed by atoms with E-state index in [1.807, 2.05) is 43.3 Å². The zero-order valence-corrected chi connectivity index (χ0v) is 16.6. The maximum absolute atomic E-state index is 13.1. The third-order valence-electron chi connectivity index (χ3n) is 5.09. The summed E-state index contributed by atoms with van der Waals surface area (Å²) in [6, 6.07) is 18.2. The Labute approximate surface area is 169 Å². The highest BCUT2D eigenvalue weighted by Gasteiger charge is 2.44. The zero-order valence-electron chi connectivity index (χ0n) is 15.8. The highest BCUT2D eigenvalue weighted by Crippen LogP contribution is 2.29. The largest absolute Gasteiger partial charge is 0.324 e. The molecule has 1 fully saturated rings. The van der Waals surface area contributed by atoms with Gasteiger partial charge in [0.1, 0.15) is 6.04 Å². The molecule has 148 valence electrons. The van der Waals surface area contributed by atoms with Gasteiger partial charge < -0.3 is 5.32 Å². The standard InChI is InChI=1S/C22H20N2O4S/c1-15-9-11-17(12-10-15)29(27,28)24-20(13-14-21(24)25)22(26)23-19-8-4-6-16-5-2-3-7-18(16)19/h2-12,20H,13-14H2,1H3,(H,23,26). The van der Waals surface area contributed by atoms with E-state index in [4.69, 9.17) is 0 Å². The number of sulfonamides is 1. The molecule has 1 saturated heterocycles. The van der Waals surface area contributed by atoms with Gasteiger partial charge in [-0.05, 0) is 36.9 Å². The summed E-state index contributed by atoms with van der Waals surface area (Å²) in [7, 11) is -4.11. The quantitative estimate of drug-likeness (QED) is 0.717. The van der Waals surface area contributed by atoms with Crippen molar-refractivity contribution in [3.63, 3.8) is 0 Å². The highest BCUT2D eigenvalue weighted by molar-refractivity contribution is 7.89. The molecule has 29 heavy (non-hydrogen) atoms. The number of nitrogens with one attached hydrogen (secondary N) is 1. The smallest absolute Gasteiger partial charge is 0.267 e. The van der Waals surface area contributed by atoms with Gasteiger partial charge in [0.05, 0.1) is 4.90 Å². The summed E-state index contributed by atoms with van der Waals surface area (Å²) in [5, 5.41) is 4.62. The molecule has 0 bridgehead atoms. The number of hydrogen-bond donors (Lipinski definition) is 1. The van der Waals surface area contributed by atoms with Crippen LogP contribution in [0.2, 0.25) is 0 Å². The monoisotopic (exact) mass is 408 g/mol. The van der Waals surface area contributed by atoms with Gasteiger partial charge in [0, 0.05) is 17.5 Å². The fourth-order valence-corrected chi connectivity index (χ4v) is 5.18. The van der Waals surface area contributed by atoms with E-state index in [9.17, 15) is 18.0 Å². The van der Waals surface area contributed by atoms with Gasteiger partial charge in [-0.1, -0.05) is 54.1 Å². The molecule has 1 aliphatic heterocycles. The molecule has 0 radical (unpaired) electrons. The SMILES string of the molecule is Cc1ccc(S(=O)(=O)N2C(=O)CCC2C(=O)Nc2cccc3ccccc23)cc1. The number of hydrogen-bond acceptors (Lipinski definition) is 4. The van der Waals surface area contributed by atoms with Crippen molar-refractivity contribution in [1.29, 1.82) is 0 Å². The van der Waals surface area contributed by atoms with Crippen molar-refractivity contribution in [3.05, 3.63) is 72.3 Å². The Morgan fingerprint density at radius 2 is 1.69 bits per heavy atom. The summed E-state index contributed by atoms with van der Waals surface area (Å²) in [6.07, 6.45) is 0.166. The van der Waals surface area contributed by atoms with Crippen LogP contribution in [0.4, 0.5) is 5.69 Å². The summed E-state index contributed by atoms with van der Waals surface area (Å²) in [4.78, 5) is 25.4. The Morgan fingerprint density at radius 1 is 1.00 bits per heavy atom. The Bertz CT molecular complexity index is 1200. The summed E-state index contributed by atoms with van der Waals surface area (Å²) in [5.41, 5.74) is 1.49. The second kappa shape index (κ2) is 7.33. The molecule has 2 amide bonds. The van der Waals surface area contributed by atoms with Gasteiger partial charge >= 0.3 is 0 Å². The molecule has 0 aliphatic carbocycles. The molecule has 1 aliphatic rings. The van der Waals surface area contributed by atoms with Crippen LogP contribution < -0.4 is 5.32 Å². The first-order valence-electron chi connectivity index (χ1n) is 9.30. The number of nitrogens with zero attached hydrogens (tertiary/aromatic N) is 1. The van der Waals surface area contributed by atoms with Crippen LogP contribution in [0.1, 0.15) is 18.4 Å². The lowest BCUT2D eigenvalue weighted by atomic mass is 10.1. The van der Waals surface area contributed by atoms with Gasteiger partial charge in [0.25, 0.3) is 10.0 Å². The van der Waals surface area contributed by atoms with Crippen molar-refractivity contribution >= 4 is 38.3 Å². The molecule has 7 heteroatoms. The maximum atomic E-state index is 13.1. The van der Waals surface area contributed by atoms with Crippen molar-refractivity contribution in [2.75, 3.05) is 5.32 Å². The van der Waals surface area contributed by atoms with Gasteiger partial charge in [-0.15, -0.1) is 0 Å². The second-order valence-electron chi connectivity index (χ2n) is 7.08. The number of carbonyl (C=O) groups is 2. The van der Waals surface area contributed by atoms with E-state index in [1.165, 1.54) is 12.1 Å². The predicted octanol–water partition coefficient (Wildman–Crippen LogP) is 3.47. The van der Waals surface area contributed by atoms with Crippen LogP contribution in [0, 0.1) is 6.92 Å². The average molecular weight is 408 g/mol. The number of anilines is 1. The van der Waals surface area contributed by atoms with E-state index in [1.54, 1.807) is 18.2 Å². The lowest BCUT2D eigenvalue weighted by Crippen LogP contribution is -2.45. The minimum Gasteiger partial charge on any atom is -0.324 e. The molecule has 4 rings (SSSR count). The molecular weight excluding hydrogens is 388 g/mol. The lowest BCUT2D eigenvalue weighted by molar-refractivity contribution is -0.128. The van der Waals surface area contributed by atoms with E-state index < -0.39 is 27.9 Å². The Hall–Kier alpha value is -3.19. The first kappa shape index (κ1) is 19.1. The molecule has 0 saturated carbocycles. The molecular formula is C22H20N2O4S. The van der Waals surface area contributed by atoms with Crippen molar-refractivity contribution in [1.82, 2.24) is 4.31 Å². The normalized spacial score (nSPS) is 16.9. The maximum Gasteiger partial charge on any atom is 0.267 e. The highest BCUT2D eigenvalue weighted by atomic mass is 32.2. The van der Waals surface area contributed by atoms with Gasteiger partial charge in [-0.25, -0.2) is 12.7 Å². The van der Waals surface area contributed by atoms with Crippen LogP contribution >= 0.6 is 0 Å². The minimum atomic E-state index is -4.11. The van der Waals surface area contributed by atoms with Crippen LogP contribution in [0.25, 0.3) is 10.8 Å². The van der Waals surface area contributed by atoms with Crippen molar-refractivity contribution in [2.24, 2.45) is 0 Å². The fourth-order valence-electron chi connectivity index (χ4n) is 3.57. The molecule has 1 atom stereocenters. The Morgan fingerprint density at radius 3 is 2.45 bits per heavy atom. The molecule has 3 aromatic rings. The second-order valence-corrected chi connectivity index (χ2v) is 8.89. The summed E-state index contributed by atoms with van der Waals surface area (Å²) >= 11 is 0. The molecule has 1 N–H and O–H groups in total. The molecule has 0 aromatic heterocycles. The first-order chi connectivity index (χ1) is 13.9. The fraction of sp³-hybridized carbons (Fsp3) is 0.182. The predicted molar refractivity (Wildman–Crippen MR) is 111 cm³/mol. The molecule has 1 heterocycles. The van der Waals surface area contributed by atoms with E-state index in [2.05, 4.69) is 5.32 Å². The third-order valence-corrected chi connectivity index (χ3v) is 6.93.